The van der Waals surface area contributed by atoms with Gasteiger partial charge < -0.3 is 10.1 Å². The molecule has 0 saturated carbocycles. The molecular formula is C19H27F3N4O2. The summed E-state index contributed by atoms with van der Waals surface area (Å²) in [5.74, 6) is 0.500. The van der Waals surface area contributed by atoms with Gasteiger partial charge in [0.15, 0.2) is 0 Å². The van der Waals surface area contributed by atoms with Crippen molar-refractivity contribution in [3.05, 3.63) is 23.9 Å². The third-order valence-electron chi connectivity index (χ3n) is 5.50. The summed E-state index contributed by atoms with van der Waals surface area (Å²) in [6, 6.07) is 3.57. The van der Waals surface area contributed by atoms with E-state index in [-0.39, 0.29) is 18.0 Å². The van der Waals surface area contributed by atoms with Crippen molar-refractivity contribution in [1.82, 2.24) is 20.1 Å². The molecule has 0 radical (unpaired) electrons. The van der Waals surface area contributed by atoms with Gasteiger partial charge in [0, 0.05) is 24.8 Å². The van der Waals surface area contributed by atoms with Gasteiger partial charge in [0.2, 0.25) is 11.8 Å². The molecule has 2 fully saturated rings. The van der Waals surface area contributed by atoms with Crippen LogP contribution in [0, 0.1) is 0 Å². The quantitative estimate of drug-likeness (QED) is 0.794. The lowest BCUT2D eigenvalue weighted by Crippen LogP contribution is -2.52. The van der Waals surface area contributed by atoms with Crippen molar-refractivity contribution in [3.8, 4) is 5.88 Å². The van der Waals surface area contributed by atoms with Crippen molar-refractivity contribution in [2.75, 3.05) is 33.3 Å². The topological polar surface area (TPSA) is 57.7 Å². The number of nitrogens with zero attached hydrogens (tertiary/aromatic N) is 3. The van der Waals surface area contributed by atoms with Crippen LogP contribution in [0.25, 0.3) is 0 Å². The van der Waals surface area contributed by atoms with Crippen molar-refractivity contribution in [2.45, 2.75) is 50.5 Å². The summed E-state index contributed by atoms with van der Waals surface area (Å²) >= 11 is 0. The van der Waals surface area contributed by atoms with Crippen LogP contribution in [-0.2, 0) is 11.3 Å². The molecule has 0 aliphatic carbocycles. The van der Waals surface area contributed by atoms with E-state index < -0.39 is 12.7 Å². The number of nitrogens with one attached hydrogen (secondary N) is 1. The molecule has 1 atom stereocenters. The van der Waals surface area contributed by atoms with Crippen LogP contribution in [0.2, 0.25) is 0 Å². The van der Waals surface area contributed by atoms with Gasteiger partial charge in [-0.2, -0.15) is 13.2 Å². The van der Waals surface area contributed by atoms with Crippen LogP contribution < -0.4 is 10.1 Å². The molecule has 9 heteroatoms. The lowest BCUT2D eigenvalue weighted by molar-refractivity contribution is -0.149. The van der Waals surface area contributed by atoms with Gasteiger partial charge in [-0.25, -0.2) is 4.98 Å². The zero-order valence-corrected chi connectivity index (χ0v) is 16.0. The second-order valence-electron chi connectivity index (χ2n) is 7.44. The molecule has 28 heavy (non-hydrogen) atoms. The number of pyridine rings is 1. The third-order valence-corrected chi connectivity index (χ3v) is 5.50. The fraction of sp³-hybridized carbons (Fsp3) is 0.684. The van der Waals surface area contributed by atoms with Crippen LogP contribution in [0.1, 0.15) is 31.2 Å². The SMILES string of the molecule is COc1ccc(CNC(=O)[C@H]2CCCN2C2CCN(CC(F)(F)F)CC2)cn1. The molecule has 1 amide bonds. The first-order chi connectivity index (χ1) is 13.4. The van der Waals surface area contributed by atoms with E-state index in [9.17, 15) is 18.0 Å². The number of ether oxygens (including phenoxy) is 1. The number of carbonyl (C=O) groups is 1. The molecule has 2 saturated heterocycles. The molecule has 2 aliphatic heterocycles. The minimum atomic E-state index is -4.15. The van der Waals surface area contributed by atoms with Crippen LogP contribution in [-0.4, -0.2) is 72.2 Å². The Labute approximate surface area is 163 Å². The first kappa shape index (κ1) is 20.9. The number of methoxy groups -OCH3 is 1. The van der Waals surface area contributed by atoms with E-state index in [1.165, 1.54) is 4.90 Å². The minimum Gasteiger partial charge on any atom is -0.481 e. The number of likely N-dealkylation sites (tertiary alicyclic amines) is 2. The highest BCUT2D eigenvalue weighted by Gasteiger charge is 2.38. The average Bonchev–Trinajstić information content (AvgIpc) is 3.16. The van der Waals surface area contributed by atoms with Crippen LogP contribution in [0.5, 0.6) is 5.88 Å². The van der Waals surface area contributed by atoms with Crippen molar-refractivity contribution < 1.29 is 22.7 Å². The molecule has 156 valence electrons. The number of piperidine rings is 1. The van der Waals surface area contributed by atoms with Gasteiger partial charge >= 0.3 is 6.18 Å². The Morgan fingerprint density at radius 1 is 1.25 bits per heavy atom. The third kappa shape index (κ3) is 5.57. The fourth-order valence-electron chi connectivity index (χ4n) is 4.11. The van der Waals surface area contributed by atoms with Crippen molar-refractivity contribution in [2.24, 2.45) is 0 Å². The lowest BCUT2D eigenvalue weighted by Gasteiger charge is -2.39. The van der Waals surface area contributed by atoms with E-state index in [0.29, 0.717) is 38.4 Å². The van der Waals surface area contributed by atoms with Crippen molar-refractivity contribution >= 4 is 5.91 Å². The van der Waals surface area contributed by atoms with Crippen molar-refractivity contribution in [1.29, 1.82) is 0 Å². The maximum Gasteiger partial charge on any atom is 0.401 e. The number of hydrogen-bond donors (Lipinski definition) is 1. The van der Waals surface area contributed by atoms with Gasteiger partial charge in [-0.1, -0.05) is 6.07 Å². The van der Waals surface area contributed by atoms with Crippen LogP contribution in [0.15, 0.2) is 18.3 Å². The highest BCUT2D eigenvalue weighted by molar-refractivity contribution is 5.82. The number of rotatable bonds is 6. The van der Waals surface area contributed by atoms with Gasteiger partial charge in [-0.05, 0) is 50.9 Å². The molecule has 0 aromatic carbocycles. The molecule has 0 spiro atoms. The summed E-state index contributed by atoms with van der Waals surface area (Å²) in [7, 11) is 1.55. The first-order valence-electron chi connectivity index (χ1n) is 9.67. The van der Waals surface area contributed by atoms with E-state index >= 15 is 0 Å². The Balaban J connectivity index is 1.49. The molecule has 1 N–H and O–H groups in total. The molecule has 0 bridgehead atoms. The molecule has 2 aliphatic rings. The minimum absolute atomic E-state index is 0.0222. The number of alkyl halides is 3. The molecule has 6 nitrogen and oxygen atoms in total. The number of hydrogen-bond acceptors (Lipinski definition) is 5. The Morgan fingerprint density at radius 3 is 2.61 bits per heavy atom. The molecular weight excluding hydrogens is 373 g/mol. The van der Waals surface area contributed by atoms with E-state index in [2.05, 4.69) is 15.2 Å². The highest BCUT2D eigenvalue weighted by Crippen LogP contribution is 2.27. The predicted octanol–water partition coefficient (Wildman–Crippen LogP) is 2.20. The van der Waals surface area contributed by atoms with Crippen LogP contribution in [0.4, 0.5) is 13.2 Å². The summed E-state index contributed by atoms with van der Waals surface area (Å²) in [6.07, 6.45) is 0.575. The van der Waals surface area contributed by atoms with Gasteiger partial charge in [-0.3, -0.25) is 14.6 Å². The Morgan fingerprint density at radius 2 is 2.00 bits per heavy atom. The van der Waals surface area contributed by atoms with Gasteiger partial charge in [0.05, 0.1) is 19.7 Å². The summed E-state index contributed by atoms with van der Waals surface area (Å²) in [6.45, 7) is 1.22. The summed E-state index contributed by atoms with van der Waals surface area (Å²) < 4.78 is 42.7. The maximum atomic E-state index is 12.7. The molecule has 1 aromatic heterocycles. The van der Waals surface area contributed by atoms with Crippen LogP contribution in [0.3, 0.4) is 0 Å². The Kier molecular flexibility index (Phi) is 6.77. The number of amides is 1. The second kappa shape index (κ2) is 9.09. The second-order valence-corrected chi connectivity index (χ2v) is 7.44. The summed E-state index contributed by atoms with van der Waals surface area (Å²) in [4.78, 5) is 20.5. The Bertz CT molecular complexity index is 646. The number of aromatic nitrogens is 1. The lowest BCUT2D eigenvalue weighted by atomic mass is 10.0. The highest BCUT2D eigenvalue weighted by atomic mass is 19.4. The van der Waals surface area contributed by atoms with Crippen molar-refractivity contribution in [3.63, 3.8) is 0 Å². The molecule has 3 heterocycles. The largest absolute Gasteiger partial charge is 0.481 e. The number of carbonyl (C=O) groups excluding carboxylic acids is 1. The van der Waals surface area contributed by atoms with Crippen LogP contribution >= 0.6 is 0 Å². The smallest absolute Gasteiger partial charge is 0.401 e. The summed E-state index contributed by atoms with van der Waals surface area (Å²) in [5.41, 5.74) is 0.888. The van der Waals surface area contributed by atoms with Gasteiger partial charge in [-0.15, -0.1) is 0 Å². The predicted molar refractivity (Wildman–Crippen MR) is 97.9 cm³/mol. The average molecular weight is 400 g/mol. The fourth-order valence-corrected chi connectivity index (χ4v) is 4.11. The summed E-state index contributed by atoms with van der Waals surface area (Å²) in [5, 5.41) is 2.97. The molecule has 0 unspecified atom stereocenters. The van der Waals surface area contributed by atoms with E-state index in [1.54, 1.807) is 19.4 Å². The molecule has 1 aromatic rings. The van der Waals surface area contributed by atoms with Gasteiger partial charge in [0.1, 0.15) is 0 Å². The first-order valence-corrected chi connectivity index (χ1v) is 9.67. The van der Waals surface area contributed by atoms with E-state index in [1.807, 2.05) is 6.07 Å². The zero-order chi connectivity index (χ0) is 20.1. The Hall–Kier alpha value is -1.87. The van der Waals surface area contributed by atoms with E-state index in [0.717, 1.165) is 24.9 Å². The number of halogens is 3. The normalized spacial score (nSPS) is 22.4. The molecule has 3 rings (SSSR count). The maximum absolute atomic E-state index is 12.7. The zero-order valence-electron chi connectivity index (χ0n) is 16.0. The monoisotopic (exact) mass is 400 g/mol. The standard InChI is InChI=1S/C19H27F3N4O2/c1-28-17-5-4-14(11-23-17)12-24-18(27)16-3-2-8-26(16)15-6-9-25(10-7-15)13-19(20,21)22/h4-5,11,15-16H,2-3,6-10,12-13H2,1H3,(H,24,27)/t16-/m1/s1. The van der Waals surface area contributed by atoms with E-state index in [4.69, 9.17) is 4.74 Å². The van der Waals surface area contributed by atoms with Gasteiger partial charge in [0.25, 0.3) is 0 Å².